The quantitative estimate of drug-likeness (QED) is 0.561. The number of hydrogen-bond donors (Lipinski definition) is 0. The van der Waals surface area contributed by atoms with Crippen molar-refractivity contribution in [2.24, 2.45) is 0 Å². The van der Waals surface area contributed by atoms with E-state index < -0.39 is 0 Å². The molecule has 6 nitrogen and oxygen atoms in total. The fraction of sp³-hybridized carbons (Fsp3) is 0.211. The van der Waals surface area contributed by atoms with Crippen LogP contribution in [0.3, 0.4) is 0 Å². The molecule has 0 aliphatic carbocycles. The molecule has 0 bridgehead atoms. The molecule has 0 N–H and O–H groups in total. The number of imidazole rings is 1. The Labute approximate surface area is 145 Å². The van der Waals surface area contributed by atoms with Crippen molar-refractivity contribution in [3.8, 4) is 11.3 Å². The van der Waals surface area contributed by atoms with Crippen molar-refractivity contribution in [2.45, 2.75) is 20.0 Å². The Morgan fingerprint density at radius 3 is 2.72 bits per heavy atom. The van der Waals surface area contributed by atoms with Crippen LogP contribution in [0, 0.1) is 6.92 Å². The third-order valence-electron chi connectivity index (χ3n) is 4.07. The summed E-state index contributed by atoms with van der Waals surface area (Å²) in [7, 11) is 2.06. The topological polar surface area (TPSA) is 59.5 Å². The van der Waals surface area contributed by atoms with Gasteiger partial charge in [0.15, 0.2) is 5.76 Å². The number of aryl methyl sites for hydroxylation is 1. The summed E-state index contributed by atoms with van der Waals surface area (Å²) in [5, 5.41) is 3.95. The van der Waals surface area contributed by atoms with Gasteiger partial charge in [-0.05, 0) is 20.0 Å². The van der Waals surface area contributed by atoms with Crippen molar-refractivity contribution in [3.63, 3.8) is 0 Å². The molecular weight excluding hydrogens is 314 g/mol. The maximum atomic E-state index is 5.33. The van der Waals surface area contributed by atoms with Crippen LogP contribution in [-0.4, -0.2) is 31.5 Å². The Hall–Kier alpha value is -2.99. The average molecular weight is 333 g/mol. The summed E-state index contributed by atoms with van der Waals surface area (Å²) < 4.78 is 7.38. The van der Waals surface area contributed by atoms with Gasteiger partial charge in [0.1, 0.15) is 0 Å². The van der Waals surface area contributed by atoms with E-state index in [-0.39, 0.29) is 0 Å². The first-order valence-corrected chi connectivity index (χ1v) is 8.19. The summed E-state index contributed by atoms with van der Waals surface area (Å²) in [5.74, 6) is 1.56. The zero-order chi connectivity index (χ0) is 17.2. The van der Waals surface area contributed by atoms with E-state index in [1.807, 2.05) is 47.9 Å². The smallest absolute Gasteiger partial charge is 0.234 e. The highest BCUT2D eigenvalue weighted by atomic mass is 16.5. The van der Waals surface area contributed by atoms with Gasteiger partial charge in [-0.25, -0.2) is 9.97 Å². The number of nitrogens with zero attached hydrogens (tertiary/aromatic N) is 5. The minimum absolute atomic E-state index is 0.683. The molecule has 3 aromatic heterocycles. The number of benzene rings is 1. The van der Waals surface area contributed by atoms with Crippen LogP contribution < -0.4 is 0 Å². The SMILES string of the molecule is Cc1cc(CN(C)Cc2c(-c3ccccc3)nc3ncccn23)on1. The molecule has 126 valence electrons. The highest BCUT2D eigenvalue weighted by Gasteiger charge is 2.17. The molecule has 25 heavy (non-hydrogen) atoms. The normalized spacial score (nSPS) is 11.5. The Morgan fingerprint density at radius 2 is 1.96 bits per heavy atom. The van der Waals surface area contributed by atoms with Gasteiger partial charge in [-0.2, -0.15) is 0 Å². The largest absolute Gasteiger partial charge is 0.360 e. The van der Waals surface area contributed by atoms with Gasteiger partial charge in [0.25, 0.3) is 0 Å². The molecule has 3 heterocycles. The minimum Gasteiger partial charge on any atom is -0.360 e. The van der Waals surface area contributed by atoms with E-state index in [9.17, 15) is 0 Å². The first kappa shape index (κ1) is 15.5. The highest BCUT2D eigenvalue weighted by Crippen LogP contribution is 2.25. The minimum atomic E-state index is 0.683. The van der Waals surface area contributed by atoms with E-state index in [4.69, 9.17) is 9.51 Å². The molecule has 0 atom stereocenters. The second-order valence-electron chi connectivity index (χ2n) is 6.17. The maximum absolute atomic E-state index is 5.33. The third kappa shape index (κ3) is 3.16. The van der Waals surface area contributed by atoms with Crippen molar-refractivity contribution in [3.05, 3.63) is 72.0 Å². The Morgan fingerprint density at radius 1 is 1.12 bits per heavy atom. The van der Waals surface area contributed by atoms with Crippen LogP contribution in [0.2, 0.25) is 0 Å². The Kier molecular flexibility index (Phi) is 4.03. The van der Waals surface area contributed by atoms with Gasteiger partial charge >= 0.3 is 0 Å². The summed E-state index contributed by atoms with van der Waals surface area (Å²) in [6.45, 7) is 3.33. The molecule has 0 radical (unpaired) electrons. The van der Waals surface area contributed by atoms with E-state index in [0.29, 0.717) is 12.3 Å². The van der Waals surface area contributed by atoms with Crippen molar-refractivity contribution < 1.29 is 4.52 Å². The third-order valence-corrected chi connectivity index (χ3v) is 4.07. The van der Waals surface area contributed by atoms with Gasteiger partial charge in [0.05, 0.1) is 23.6 Å². The molecule has 0 unspecified atom stereocenters. The molecule has 0 spiro atoms. The fourth-order valence-electron chi connectivity index (χ4n) is 2.98. The Bertz CT molecular complexity index is 989. The molecule has 0 amide bonds. The summed E-state index contributed by atoms with van der Waals surface area (Å²) in [5.41, 5.74) is 4.05. The van der Waals surface area contributed by atoms with E-state index in [2.05, 4.69) is 34.2 Å². The van der Waals surface area contributed by atoms with Gasteiger partial charge < -0.3 is 4.52 Å². The molecule has 0 saturated carbocycles. The lowest BCUT2D eigenvalue weighted by molar-refractivity contribution is 0.263. The van der Waals surface area contributed by atoms with Gasteiger partial charge in [-0.15, -0.1) is 0 Å². The molecular formula is C19H19N5O. The first-order valence-electron chi connectivity index (χ1n) is 8.19. The van der Waals surface area contributed by atoms with Crippen molar-refractivity contribution in [1.29, 1.82) is 0 Å². The Balaban J connectivity index is 1.70. The zero-order valence-electron chi connectivity index (χ0n) is 14.3. The highest BCUT2D eigenvalue weighted by molar-refractivity contribution is 5.65. The molecule has 0 saturated heterocycles. The molecule has 0 fully saturated rings. The van der Waals surface area contributed by atoms with Crippen LogP contribution in [0.4, 0.5) is 0 Å². The van der Waals surface area contributed by atoms with Crippen LogP contribution in [0.1, 0.15) is 17.1 Å². The van der Waals surface area contributed by atoms with Crippen LogP contribution in [0.5, 0.6) is 0 Å². The summed E-state index contributed by atoms with van der Waals surface area (Å²) in [6.07, 6.45) is 3.77. The maximum Gasteiger partial charge on any atom is 0.234 e. The molecule has 0 aliphatic rings. The molecule has 1 aromatic carbocycles. The summed E-state index contributed by atoms with van der Waals surface area (Å²) >= 11 is 0. The summed E-state index contributed by atoms with van der Waals surface area (Å²) in [6, 6.07) is 14.1. The van der Waals surface area contributed by atoms with Crippen molar-refractivity contribution in [2.75, 3.05) is 7.05 Å². The first-order chi connectivity index (χ1) is 12.2. The van der Waals surface area contributed by atoms with Gasteiger partial charge in [0.2, 0.25) is 5.78 Å². The van der Waals surface area contributed by atoms with Gasteiger partial charge in [-0.3, -0.25) is 9.30 Å². The molecule has 4 rings (SSSR count). The van der Waals surface area contributed by atoms with Crippen LogP contribution in [0.25, 0.3) is 17.0 Å². The van der Waals surface area contributed by atoms with Gasteiger partial charge in [-0.1, -0.05) is 35.5 Å². The number of aromatic nitrogens is 4. The number of rotatable bonds is 5. The predicted octanol–water partition coefficient (Wildman–Crippen LogP) is 3.32. The van der Waals surface area contributed by atoms with Crippen LogP contribution >= 0.6 is 0 Å². The lowest BCUT2D eigenvalue weighted by Crippen LogP contribution is -2.18. The van der Waals surface area contributed by atoms with Crippen LogP contribution in [0.15, 0.2) is 59.4 Å². The van der Waals surface area contributed by atoms with E-state index in [1.54, 1.807) is 6.20 Å². The number of hydrogen-bond acceptors (Lipinski definition) is 5. The lowest BCUT2D eigenvalue weighted by atomic mass is 10.1. The van der Waals surface area contributed by atoms with Crippen LogP contribution in [-0.2, 0) is 13.1 Å². The standard InChI is InChI=1S/C19H19N5O/c1-14-11-16(25-22-14)12-23(2)13-17-18(15-7-4-3-5-8-15)21-19-20-9-6-10-24(17)19/h3-11H,12-13H2,1-2H3. The second kappa shape index (κ2) is 6.49. The number of fused-ring (bicyclic) bond motifs is 1. The van der Waals surface area contributed by atoms with E-state index in [0.717, 1.165) is 35.0 Å². The van der Waals surface area contributed by atoms with Crippen molar-refractivity contribution in [1.82, 2.24) is 24.4 Å². The van der Waals surface area contributed by atoms with Gasteiger partial charge in [0, 0.05) is 30.6 Å². The fourth-order valence-corrected chi connectivity index (χ4v) is 2.98. The second-order valence-corrected chi connectivity index (χ2v) is 6.17. The monoisotopic (exact) mass is 333 g/mol. The predicted molar refractivity (Wildman–Crippen MR) is 94.8 cm³/mol. The van der Waals surface area contributed by atoms with E-state index >= 15 is 0 Å². The summed E-state index contributed by atoms with van der Waals surface area (Å²) in [4.78, 5) is 11.3. The lowest BCUT2D eigenvalue weighted by Gasteiger charge is -2.15. The average Bonchev–Trinajstić information content (AvgIpc) is 3.19. The molecule has 6 heteroatoms. The van der Waals surface area contributed by atoms with Crippen molar-refractivity contribution >= 4 is 5.78 Å². The molecule has 4 aromatic rings. The van der Waals surface area contributed by atoms with E-state index in [1.165, 1.54) is 0 Å². The molecule has 0 aliphatic heterocycles. The zero-order valence-corrected chi connectivity index (χ0v) is 14.3.